The normalized spacial score (nSPS) is 15.0. The van der Waals surface area contributed by atoms with Crippen molar-refractivity contribution in [1.29, 1.82) is 0 Å². The predicted octanol–water partition coefficient (Wildman–Crippen LogP) is 1.14. The zero-order chi connectivity index (χ0) is 14.9. The maximum absolute atomic E-state index is 6.11. The van der Waals surface area contributed by atoms with Gasteiger partial charge in [0.15, 0.2) is 11.5 Å². The molecule has 0 bridgehead atoms. The summed E-state index contributed by atoms with van der Waals surface area (Å²) in [4.78, 5) is 0. The Labute approximate surface area is 125 Å². The van der Waals surface area contributed by atoms with Gasteiger partial charge in [-0.15, -0.1) is 0 Å². The van der Waals surface area contributed by atoms with Crippen LogP contribution in [0, 0.1) is 0 Å². The van der Waals surface area contributed by atoms with Crippen LogP contribution in [-0.2, 0) is 14.2 Å². The maximum atomic E-state index is 6.11. The van der Waals surface area contributed by atoms with Crippen LogP contribution in [0.3, 0.4) is 0 Å². The molecule has 1 aromatic carbocycles. The second-order valence-electron chi connectivity index (χ2n) is 4.69. The molecule has 0 saturated heterocycles. The van der Waals surface area contributed by atoms with Gasteiger partial charge >= 0.3 is 0 Å². The van der Waals surface area contributed by atoms with E-state index in [0.29, 0.717) is 46.2 Å². The van der Waals surface area contributed by atoms with Crippen LogP contribution in [0.5, 0.6) is 11.5 Å². The highest BCUT2D eigenvalue weighted by Crippen LogP contribution is 2.32. The fourth-order valence-corrected chi connectivity index (χ4v) is 1.96. The van der Waals surface area contributed by atoms with Gasteiger partial charge in [0, 0.05) is 7.11 Å². The van der Waals surface area contributed by atoms with Crippen molar-refractivity contribution < 1.29 is 23.7 Å². The number of hydrogen-bond acceptors (Lipinski definition) is 6. The highest BCUT2D eigenvalue weighted by Gasteiger charge is 2.14. The van der Waals surface area contributed by atoms with Gasteiger partial charge in [0.2, 0.25) is 0 Å². The summed E-state index contributed by atoms with van der Waals surface area (Å²) >= 11 is 0. The van der Waals surface area contributed by atoms with E-state index in [1.807, 2.05) is 18.2 Å². The molecule has 1 unspecified atom stereocenters. The Kier molecular flexibility index (Phi) is 6.75. The van der Waals surface area contributed by atoms with Gasteiger partial charge in [-0.3, -0.25) is 0 Å². The largest absolute Gasteiger partial charge is 0.486 e. The SMILES string of the molecule is COCCOCCOCC(N)c1ccc2c(c1)OCCO2. The van der Waals surface area contributed by atoms with Gasteiger partial charge in [-0.2, -0.15) is 0 Å². The van der Waals surface area contributed by atoms with Crippen LogP contribution in [0.2, 0.25) is 0 Å². The van der Waals surface area contributed by atoms with Crippen molar-refractivity contribution in [2.75, 3.05) is 53.4 Å². The Hall–Kier alpha value is -1.34. The smallest absolute Gasteiger partial charge is 0.161 e. The molecule has 6 nitrogen and oxygen atoms in total. The molecule has 0 radical (unpaired) electrons. The number of ether oxygens (including phenoxy) is 5. The van der Waals surface area contributed by atoms with Crippen LogP contribution in [-0.4, -0.2) is 53.4 Å². The van der Waals surface area contributed by atoms with Crippen molar-refractivity contribution in [2.24, 2.45) is 5.73 Å². The van der Waals surface area contributed by atoms with E-state index < -0.39 is 0 Å². The van der Waals surface area contributed by atoms with E-state index in [-0.39, 0.29) is 6.04 Å². The summed E-state index contributed by atoms with van der Waals surface area (Å²) in [6.07, 6.45) is 0. The molecule has 1 aliphatic heterocycles. The quantitative estimate of drug-likeness (QED) is 0.689. The first-order chi connectivity index (χ1) is 10.3. The molecular weight excluding hydrogens is 274 g/mol. The number of hydrogen-bond donors (Lipinski definition) is 1. The summed E-state index contributed by atoms with van der Waals surface area (Å²) < 4.78 is 26.7. The van der Waals surface area contributed by atoms with Crippen molar-refractivity contribution in [1.82, 2.24) is 0 Å². The van der Waals surface area contributed by atoms with E-state index in [4.69, 9.17) is 29.4 Å². The molecule has 2 N–H and O–H groups in total. The molecule has 0 aliphatic carbocycles. The number of methoxy groups -OCH3 is 1. The predicted molar refractivity (Wildman–Crippen MR) is 77.9 cm³/mol. The summed E-state index contributed by atoms with van der Waals surface area (Å²) in [5, 5.41) is 0. The molecule has 1 heterocycles. The molecule has 2 rings (SSSR count). The van der Waals surface area contributed by atoms with E-state index in [1.165, 1.54) is 0 Å². The Morgan fingerprint density at radius 3 is 2.57 bits per heavy atom. The molecule has 118 valence electrons. The van der Waals surface area contributed by atoms with E-state index >= 15 is 0 Å². The molecule has 1 aliphatic rings. The Morgan fingerprint density at radius 1 is 1.05 bits per heavy atom. The zero-order valence-electron chi connectivity index (χ0n) is 12.4. The first-order valence-electron chi connectivity index (χ1n) is 7.11. The van der Waals surface area contributed by atoms with Crippen molar-refractivity contribution in [3.05, 3.63) is 23.8 Å². The Balaban J connectivity index is 1.69. The fourth-order valence-electron chi connectivity index (χ4n) is 1.96. The first-order valence-corrected chi connectivity index (χ1v) is 7.11. The molecule has 0 saturated carbocycles. The fraction of sp³-hybridized carbons (Fsp3) is 0.600. The molecule has 0 aromatic heterocycles. The van der Waals surface area contributed by atoms with Gasteiger partial charge in [-0.05, 0) is 17.7 Å². The Bertz CT molecular complexity index is 427. The zero-order valence-corrected chi connectivity index (χ0v) is 12.4. The molecule has 0 spiro atoms. The summed E-state index contributed by atoms with van der Waals surface area (Å²) in [6, 6.07) is 5.55. The third-order valence-corrected chi connectivity index (χ3v) is 3.10. The van der Waals surface area contributed by atoms with Gasteiger partial charge in [-0.1, -0.05) is 6.07 Å². The lowest BCUT2D eigenvalue weighted by Gasteiger charge is -2.20. The number of nitrogens with two attached hydrogens (primary N) is 1. The second kappa shape index (κ2) is 8.84. The number of rotatable bonds is 9. The van der Waals surface area contributed by atoms with Crippen molar-refractivity contribution >= 4 is 0 Å². The molecule has 21 heavy (non-hydrogen) atoms. The second-order valence-corrected chi connectivity index (χ2v) is 4.69. The lowest BCUT2D eigenvalue weighted by molar-refractivity contribution is 0.0215. The highest BCUT2D eigenvalue weighted by atomic mass is 16.6. The van der Waals surface area contributed by atoms with Crippen LogP contribution in [0.1, 0.15) is 11.6 Å². The minimum atomic E-state index is -0.195. The van der Waals surface area contributed by atoms with Gasteiger partial charge in [0.25, 0.3) is 0 Å². The van der Waals surface area contributed by atoms with Crippen molar-refractivity contribution in [3.63, 3.8) is 0 Å². The Morgan fingerprint density at radius 2 is 1.76 bits per heavy atom. The monoisotopic (exact) mass is 297 g/mol. The molecule has 1 atom stereocenters. The van der Waals surface area contributed by atoms with Gasteiger partial charge in [0.1, 0.15) is 13.2 Å². The topological polar surface area (TPSA) is 72.2 Å². The highest BCUT2D eigenvalue weighted by molar-refractivity contribution is 5.44. The molecule has 0 amide bonds. The molecule has 1 aromatic rings. The summed E-state index contributed by atoms with van der Waals surface area (Å²) in [7, 11) is 1.65. The lowest BCUT2D eigenvalue weighted by atomic mass is 10.1. The summed E-state index contributed by atoms with van der Waals surface area (Å²) in [5.41, 5.74) is 7.08. The third-order valence-electron chi connectivity index (χ3n) is 3.10. The minimum absolute atomic E-state index is 0.195. The standard InChI is InChI=1S/C15H23NO5/c1-17-4-5-18-6-7-19-11-13(16)12-2-3-14-15(10-12)21-9-8-20-14/h2-3,10,13H,4-9,11,16H2,1H3. The average Bonchev–Trinajstić information content (AvgIpc) is 2.53. The first kappa shape index (κ1) is 16.0. The summed E-state index contributed by atoms with van der Waals surface area (Å²) in [5.74, 6) is 1.52. The number of fused-ring (bicyclic) bond motifs is 1. The van der Waals surface area contributed by atoms with Crippen LogP contribution in [0.25, 0.3) is 0 Å². The van der Waals surface area contributed by atoms with Crippen LogP contribution in [0.4, 0.5) is 0 Å². The molecule has 6 heteroatoms. The average molecular weight is 297 g/mol. The van der Waals surface area contributed by atoms with Gasteiger partial charge in [0.05, 0.1) is 39.1 Å². The van der Waals surface area contributed by atoms with E-state index in [1.54, 1.807) is 7.11 Å². The summed E-state index contributed by atoms with van der Waals surface area (Å²) in [6.45, 7) is 3.82. The van der Waals surface area contributed by atoms with Crippen LogP contribution in [0.15, 0.2) is 18.2 Å². The van der Waals surface area contributed by atoms with E-state index in [0.717, 1.165) is 17.1 Å². The molecule has 0 fully saturated rings. The minimum Gasteiger partial charge on any atom is -0.486 e. The number of benzene rings is 1. The van der Waals surface area contributed by atoms with Crippen LogP contribution < -0.4 is 15.2 Å². The van der Waals surface area contributed by atoms with Gasteiger partial charge in [-0.25, -0.2) is 0 Å². The van der Waals surface area contributed by atoms with Crippen molar-refractivity contribution in [2.45, 2.75) is 6.04 Å². The van der Waals surface area contributed by atoms with Crippen LogP contribution >= 0.6 is 0 Å². The van der Waals surface area contributed by atoms with Gasteiger partial charge < -0.3 is 29.4 Å². The maximum Gasteiger partial charge on any atom is 0.161 e. The molecular formula is C15H23NO5. The van der Waals surface area contributed by atoms with E-state index in [2.05, 4.69) is 0 Å². The third kappa shape index (κ3) is 5.17. The van der Waals surface area contributed by atoms with E-state index in [9.17, 15) is 0 Å². The van der Waals surface area contributed by atoms with Crippen molar-refractivity contribution in [3.8, 4) is 11.5 Å². The lowest BCUT2D eigenvalue weighted by Crippen LogP contribution is -2.20.